The molecule has 1 unspecified atom stereocenters. The molecule has 6 nitrogen and oxygen atoms in total. The third-order valence-corrected chi connectivity index (χ3v) is 2.96. The van der Waals surface area contributed by atoms with E-state index in [2.05, 4.69) is 4.98 Å². The van der Waals surface area contributed by atoms with Crippen molar-refractivity contribution in [2.75, 3.05) is 0 Å². The number of pyridine rings is 1. The minimum Gasteiger partial charge on any atom is -0.480 e. The first-order valence-corrected chi connectivity index (χ1v) is 5.39. The standard InChI is InChI=1S/C12H13N3O3/c1-12(10(13)16,11(17)18)6-8-7-15-5-3-2-4-9(15)14-8/h2-5,7H,6H2,1H3,(H2,13,16)(H,17,18). The summed E-state index contributed by atoms with van der Waals surface area (Å²) >= 11 is 0. The van der Waals surface area contributed by atoms with Crippen LogP contribution < -0.4 is 5.73 Å². The van der Waals surface area contributed by atoms with Gasteiger partial charge in [-0.25, -0.2) is 4.98 Å². The molecule has 0 saturated heterocycles. The van der Waals surface area contributed by atoms with Crippen LogP contribution in [0.25, 0.3) is 5.65 Å². The lowest BCUT2D eigenvalue weighted by Crippen LogP contribution is -2.43. The number of fused-ring (bicyclic) bond motifs is 1. The summed E-state index contributed by atoms with van der Waals surface area (Å²) in [4.78, 5) is 26.7. The van der Waals surface area contributed by atoms with Crippen molar-refractivity contribution in [2.45, 2.75) is 13.3 Å². The molecule has 0 aliphatic heterocycles. The van der Waals surface area contributed by atoms with E-state index in [1.54, 1.807) is 22.9 Å². The summed E-state index contributed by atoms with van der Waals surface area (Å²) in [7, 11) is 0. The second-order valence-electron chi connectivity index (χ2n) is 4.38. The molecule has 94 valence electrons. The Hall–Kier alpha value is -2.37. The van der Waals surface area contributed by atoms with Crippen molar-refractivity contribution < 1.29 is 14.7 Å². The minimum absolute atomic E-state index is 0.0284. The molecule has 6 heteroatoms. The largest absolute Gasteiger partial charge is 0.480 e. The Morgan fingerprint density at radius 2 is 2.22 bits per heavy atom. The Bertz CT molecular complexity index is 571. The van der Waals surface area contributed by atoms with Crippen molar-refractivity contribution in [3.05, 3.63) is 36.3 Å². The third kappa shape index (κ3) is 1.92. The maximum atomic E-state index is 11.3. The number of hydrogen-bond donors (Lipinski definition) is 2. The van der Waals surface area contributed by atoms with Crippen molar-refractivity contribution in [1.29, 1.82) is 0 Å². The van der Waals surface area contributed by atoms with Crippen molar-refractivity contribution in [2.24, 2.45) is 11.1 Å². The van der Waals surface area contributed by atoms with Crippen molar-refractivity contribution >= 4 is 17.5 Å². The lowest BCUT2D eigenvalue weighted by molar-refractivity contribution is -0.153. The highest BCUT2D eigenvalue weighted by molar-refractivity contribution is 6.00. The number of aromatic nitrogens is 2. The van der Waals surface area contributed by atoms with Crippen LogP contribution in [0.3, 0.4) is 0 Å². The highest BCUT2D eigenvalue weighted by Crippen LogP contribution is 2.22. The van der Waals surface area contributed by atoms with Crippen LogP contribution >= 0.6 is 0 Å². The third-order valence-electron chi connectivity index (χ3n) is 2.96. The second-order valence-corrected chi connectivity index (χ2v) is 4.38. The van der Waals surface area contributed by atoms with E-state index >= 15 is 0 Å². The Kier molecular flexibility index (Phi) is 2.78. The van der Waals surface area contributed by atoms with Gasteiger partial charge >= 0.3 is 5.97 Å². The number of carboxylic acids is 1. The SMILES string of the molecule is CC(Cc1cn2ccccc2n1)(C(N)=O)C(=O)O. The summed E-state index contributed by atoms with van der Waals surface area (Å²) in [6.45, 7) is 1.31. The van der Waals surface area contributed by atoms with Crippen LogP contribution in [0, 0.1) is 5.41 Å². The van der Waals surface area contributed by atoms with E-state index in [0.717, 1.165) is 0 Å². The first kappa shape index (κ1) is 12.1. The zero-order chi connectivity index (χ0) is 13.3. The second kappa shape index (κ2) is 4.14. The number of primary amides is 1. The molecule has 0 spiro atoms. The van der Waals surface area contributed by atoms with Gasteiger partial charge in [0, 0.05) is 18.8 Å². The van der Waals surface area contributed by atoms with Crippen LogP contribution in [0.4, 0.5) is 0 Å². The highest BCUT2D eigenvalue weighted by Gasteiger charge is 2.40. The van der Waals surface area contributed by atoms with Gasteiger partial charge in [0.25, 0.3) is 0 Å². The van der Waals surface area contributed by atoms with Crippen LogP contribution in [0.5, 0.6) is 0 Å². The van der Waals surface area contributed by atoms with Crippen molar-refractivity contribution in [1.82, 2.24) is 9.38 Å². The highest BCUT2D eigenvalue weighted by atomic mass is 16.4. The number of carbonyl (C=O) groups excluding carboxylic acids is 1. The molecule has 0 aliphatic carbocycles. The number of carboxylic acid groups (broad SMARTS) is 1. The van der Waals surface area contributed by atoms with E-state index in [1.165, 1.54) is 6.92 Å². The van der Waals surface area contributed by atoms with Gasteiger partial charge in [-0.3, -0.25) is 9.59 Å². The molecule has 0 aromatic carbocycles. The number of imidazole rings is 1. The Balaban J connectivity index is 2.38. The lowest BCUT2D eigenvalue weighted by Gasteiger charge is -2.19. The molecule has 2 rings (SSSR count). The van der Waals surface area contributed by atoms with Gasteiger partial charge in [-0.2, -0.15) is 0 Å². The summed E-state index contributed by atoms with van der Waals surface area (Å²) in [5, 5.41) is 9.10. The molecule has 0 saturated carbocycles. The van der Waals surface area contributed by atoms with Gasteiger partial charge in [0.15, 0.2) is 0 Å². The molecule has 2 aromatic heterocycles. The van der Waals surface area contributed by atoms with Crippen molar-refractivity contribution in [3.63, 3.8) is 0 Å². The summed E-state index contributed by atoms with van der Waals surface area (Å²) in [5.41, 5.74) is 4.74. The van der Waals surface area contributed by atoms with Gasteiger partial charge in [0.05, 0.1) is 5.69 Å². The van der Waals surface area contributed by atoms with Gasteiger partial charge in [-0.1, -0.05) is 6.07 Å². The average Bonchev–Trinajstić information content (AvgIpc) is 2.70. The number of aliphatic carboxylic acids is 1. The van der Waals surface area contributed by atoms with Crippen LogP contribution in [-0.4, -0.2) is 26.4 Å². The van der Waals surface area contributed by atoms with Gasteiger partial charge in [-0.05, 0) is 19.1 Å². The molecule has 3 N–H and O–H groups in total. The maximum absolute atomic E-state index is 11.3. The van der Waals surface area contributed by atoms with Gasteiger partial charge in [0.1, 0.15) is 11.1 Å². The fourth-order valence-electron chi connectivity index (χ4n) is 1.70. The summed E-state index contributed by atoms with van der Waals surface area (Å²) in [6, 6.07) is 5.46. The number of amides is 1. The van der Waals surface area contributed by atoms with Crippen molar-refractivity contribution in [3.8, 4) is 0 Å². The zero-order valence-electron chi connectivity index (χ0n) is 9.83. The van der Waals surface area contributed by atoms with E-state index in [0.29, 0.717) is 11.3 Å². The number of nitrogens with zero attached hydrogens (tertiary/aromatic N) is 2. The first-order valence-electron chi connectivity index (χ1n) is 5.39. The molecular formula is C12H13N3O3. The minimum atomic E-state index is -1.64. The van der Waals surface area contributed by atoms with Crippen LogP contribution in [-0.2, 0) is 16.0 Å². The molecular weight excluding hydrogens is 234 g/mol. The predicted octanol–water partition coefficient (Wildman–Crippen LogP) is 0.453. The van der Waals surface area contributed by atoms with Crippen LogP contribution in [0.2, 0.25) is 0 Å². The summed E-state index contributed by atoms with van der Waals surface area (Å²) in [5.74, 6) is -2.11. The van der Waals surface area contributed by atoms with Gasteiger partial charge < -0.3 is 15.2 Å². The monoisotopic (exact) mass is 247 g/mol. The van der Waals surface area contributed by atoms with Gasteiger partial charge in [-0.15, -0.1) is 0 Å². The average molecular weight is 247 g/mol. The van der Waals surface area contributed by atoms with Crippen LogP contribution in [0.15, 0.2) is 30.6 Å². The van der Waals surface area contributed by atoms with Crippen LogP contribution in [0.1, 0.15) is 12.6 Å². The Morgan fingerprint density at radius 1 is 1.50 bits per heavy atom. The smallest absolute Gasteiger partial charge is 0.319 e. The fourth-order valence-corrected chi connectivity index (χ4v) is 1.70. The van der Waals surface area contributed by atoms with E-state index in [1.807, 2.05) is 12.1 Å². The van der Waals surface area contributed by atoms with E-state index in [4.69, 9.17) is 10.8 Å². The van der Waals surface area contributed by atoms with E-state index in [-0.39, 0.29) is 6.42 Å². The lowest BCUT2D eigenvalue weighted by atomic mass is 9.85. The fraction of sp³-hybridized carbons (Fsp3) is 0.250. The molecule has 0 bridgehead atoms. The number of rotatable bonds is 4. The Morgan fingerprint density at radius 3 is 2.78 bits per heavy atom. The quantitative estimate of drug-likeness (QED) is 0.766. The first-order chi connectivity index (χ1) is 8.43. The number of nitrogens with two attached hydrogens (primary N) is 1. The molecule has 0 aliphatic rings. The predicted molar refractivity (Wildman–Crippen MR) is 63.8 cm³/mol. The molecule has 0 fully saturated rings. The van der Waals surface area contributed by atoms with E-state index < -0.39 is 17.3 Å². The molecule has 2 heterocycles. The molecule has 1 atom stereocenters. The van der Waals surface area contributed by atoms with E-state index in [9.17, 15) is 9.59 Å². The Labute approximate surface area is 103 Å². The summed E-state index contributed by atoms with van der Waals surface area (Å²) < 4.78 is 1.76. The molecule has 0 radical (unpaired) electrons. The molecule has 1 amide bonds. The number of carbonyl (C=O) groups is 2. The summed E-state index contributed by atoms with van der Waals surface area (Å²) in [6.07, 6.45) is 3.47. The topological polar surface area (TPSA) is 97.7 Å². The molecule has 18 heavy (non-hydrogen) atoms. The molecule has 2 aromatic rings. The zero-order valence-corrected chi connectivity index (χ0v) is 9.83. The number of hydrogen-bond acceptors (Lipinski definition) is 3. The maximum Gasteiger partial charge on any atom is 0.319 e. The normalized spacial score (nSPS) is 14.3. The van der Waals surface area contributed by atoms with Gasteiger partial charge in [0.2, 0.25) is 5.91 Å².